The largest absolute Gasteiger partial charge is 0.416 e. The van der Waals surface area contributed by atoms with E-state index in [9.17, 15) is 21.6 Å². The molecule has 28 heavy (non-hydrogen) atoms. The molecule has 6 nitrogen and oxygen atoms in total. The standard InChI is InChI=1S/C17H27F3N4O2S.HI/c1-4-21-16(22-11-6-12-24(3)27(25,26)5-2)23-13-14-7-9-15(10-8-14)17(18,19)20;/h7-10H,4-6,11-13H2,1-3H3,(H2,21,22,23);1H. The van der Waals surface area contributed by atoms with Gasteiger partial charge in [-0.25, -0.2) is 17.7 Å². The van der Waals surface area contributed by atoms with E-state index in [1.165, 1.54) is 16.4 Å². The van der Waals surface area contributed by atoms with Gasteiger partial charge >= 0.3 is 6.18 Å². The Morgan fingerprint density at radius 2 is 1.75 bits per heavy atom. The molecule has 0 heterocycles. The number of guanidine groups is 1. The Morgan fingerprint density at radius 1 is 1.14 bits per heavy atom. The first-order valence-electron chi connectivity index (χ1n) is 8.72. The Kier molecular flexibility index (Phi) is 12.0. The number of alkyl halides is 3. The van der Waals surface area contributed by atoms with Crippen LogP contribution in [0.25, 0.3) is 0 Å². The van der Waals surface area contributed by atoms with Crippen molar-refractivity contribution in [1.82, 2.24) is 14.9 Å². The fourth-order valence-electron chi connectivity index (χ4n) is 2.18. The van der Waals surface area contributed by atoms with Crippen molar-refractivity contribution in [3.63, 3.8) is 0 Å². The van der Waals surface area contributed by atoms with Crippen molar-refractivity contribution in [2.75, 3.05) is 32.4 Å². The van der Waals surface area contributed by atoms with Gasteiger partial charge in [-0.05, 0) is 38.0 Å². The molecule has 11 heteroatoms. The predicted octanol–water partition coefficient (Wildman–Crippen LogP) is 3.05. The van der Waals surface area contributed by atoms with Crippen LogP contribution in [0.15, 0.2) is 29.3 Å². The molecule has 0 atom stereocenters. The summed E-state index contributed by atoms with van der Waals surface area (Å²) < 4.78 is 62.4. The molecule has 0 aliphatic rings. The second-order valence-electron chi connectivity index (χ2n) is 5.89. The first-order valence-corrected chi connectivity index (χ1v) is 10.3. The van der Waals surface area contributed by atoms with E-state index in [2.05, 4.69) is 15.6 Å². The molecule has 2 N–H and O–H groups in total. The zero-order valence-corrected chi connectivity index (χ0v) is 19.4. The molecule has 0 aliphatic heterocycles. The lowest BCUT2D eigenvalue weighted by Crippen LogP contribution is -2.39. The Bertz CT molecular complexity index is 710. The van der Waals surface area contributed by atoms with Gasteiger partial charge in [-0.1, -0.05) is 12.1 Å². The summed E-state index contributed by atoms with van der Waals surface area (Å²) in [5.41, 5.74) is -0.0274. The van der Waals surface area contributed by atoms with E-state index in [0.29, 0.717) is 37.6 Å². The van der Waals surface area contributed by atoms with Crippen LogP contribution in [0.3, 0.4) is 0 Å². The van der Waals surface area contributed by atoms with E-state index in [0.717, 1.165) is 12.1 Å². The Balaban J connectivity index is 0.00000729. The Hall–Kier alpha value is -1.08. The van der Waals surface area contributed by atoms with Crippen LogP contribution in [0.5, 0.6) is 0 Å². The van der Waals surface area contributed by atoms with Crippen LogP contribution in [-0.2, 0) is 22.7 Å². The molecule has 1 aromatic rings. The fraction of sp³-hybridized carbons (Fsp3) is 0.588. The molecule has 0 aliphatic carbocycles. The van der Waals surface area contributed by atoms with E-state index in [1.54, 1.807) is 14.0 Å². The van der Waals surface area contributed by atoms with Gasteiger partial charge < -0.3 is 10.6 Å². The number of nitrogens with one attached hydrogen (secondary N) is 2. The van der Waals surface area contributed by atoms with Gasteiger partial charge in [0.15, 0.2) is 5.96 Å². The second kappa shape index (κ2) is 12.5. The molecule has 0 unspecified atom stereocenters. The maximum absolute atomic E-state index is 12.6. The molecule has 0 fully saturated rings. The minimum absolute atomic E-state index is 0. The highest BCUT2D eigenvalue weighted by atomic mass is 127. The van der Waals surface area contributed by atoms with Crippen molar-refractivity contribution >= 4 is 40.0 Å². The lowest BCUT2D eigenvalue weighted by atomic mass is 10.1. The van der Waals surface area contributed by atoms with Crippen LogP contribution >= 0.6 is 24.0 Å². The molecule has 0 amide bonds. The van der Waals surface area contributed by atoms with Gasteiger partial charge in [0.25, 0.3) is 0 Å². The van der Waals surface area contributed by atoms with E-state index < -0.39 is 21.8 Å². The van der Waals surface area contributed by atoms with Crippen LogP contribution in [0, 0.1) is 0 Å². The minimum atomic E-state index is -4.35. The van der Waals surface area contributed by atoms with E-state index in [-0.39, 0.29) is 36.3 Å². The summed E-state index contributed by atoms with van der Waals surface area (Å²) in [4.78, 5) is 4.34. The number of rotatable bonds is 9. The number of hydrogen-bond acceptors (Lipinski definition) is 3. The number of sulfonamides is 1. The summed E-state index contributed by atoms with van der Waals surface area (Å²) >= 11 is 0. The minimum Gasteiger partial charge on any atom is -0.357 e. The molecule has 0 bridgehead atoms. The first kappa shape index (κ1) is 26.9. The molecule has 1 aromatic carbocycles. The second-order valence-corrected chi connectivity index (χ2v) is 8.26. The highest BCUT2D eigenvalue weighted by Gasteiger charge is 2.29. The van der Waals surface area contributed by atoms with Gasteiger partial charge in [0, 0.05) is 26.7 Å². The van der Waals surface area contributed by atoms with E-state index in [4.69, 9.17) is 0 Å². The highest BCUT2D eigenvalue weighted by Crippen LogP contribution is 2.29. The summed E-state index contributed by atoms with van der Waals surface area (Å²) in [5.74, 6) is 0.590. The van der Waals surface area contributed by atoms with E-state index in [1.807, 2.05) is 6.92 Å². The topological polar surface area (TPSA) is 73.8 Å². The zero-order chi connectivity index (χ0) is 20.5. The lowest BCUT2D eigenvalue weighted by Gasteiger charge is -2.16. The molecule has 0 saturated carbocycles. The third-order valence-corrected chi connectivity index (χ3v) is 5.69. The first-order chi connectivity index (χ1) is 12.6. The quantitative estimate of drug-likeness (QED) is 0.220. The number of aliphatic imine (C=N–C) groups is 1. The maximum atomic E-state index is 12.6. The SMILES string of the molecule is CCNC(=NCc1ccc(C(F)(F)F)cc1)NCCCN(C)S(=O)(=O)CC.I. The van der Waals surface area contributed by atoms with Crippen molar-refractivity contribution in [2.45, 2.75) is 33.0 Å². The third-order valence-electron chi connectivity index (χ3n) is 3.83. The average Bonchev–Trinajstić information content (AvgIpc) is 2.62. The normalized spacial score (nSPS) is 12.6. The molecule has 162 valence electrons. The summed E-state index contributed by atoms with van der Waals surface area (Å²) in [6.45, 7) is 5.27. The molecular formula is C17H28F3IN4O2S. The summed E-state index contributed by atoms with van der Waals surface area (Å²) in [6.07, 6.45) is -3.75. The molecule has 0 saturated heterocycles. The number of benzene rings is 1. The van der Waals surface area contributed by atoms with Gasteiger partial charge in [0.1, 0.15) is 0 Å². The summed E-state index contributed by atoms with van der Waals surface area (Å²) in [6, 6.07) is 4.88. The molecule has 0 radical (unpaired) electrons. The van der Waals surface area contributed by atoms with Gasteiger partial charge in [0.05, 0.1) is 17.9 Å². The summed E-state index contributed by atoms with van der Waals surface area (Å²) in [7, 11) is -1.65. The van der Waals surface area contributed by atoms with Crippen molar-refractivity contribution in [1.29, 1.82) is 0 Å². The number of halogens is 4. The van der Waals surface area contributed by atoms with Gasteiger partial charge in [-0.3, -0.25) is 0 Å². The monoisotopic (exact) mass is 536 g/mol. The van der Waals surface area contributed by atoms with Crippen LogP contribution in [0.4, 0.5) is 13.2 Å². The van der Waals surface area contributed by atoms with Gasteiger partial charge in [-0.2, -0.15) is 13.2 Å². The van der Waals surface area contributed by atoms with Gasteiger partial charge in [0.2, 0.25) is 10.0 Å². The van der Waals surface area contributed by atoms with Crippen molar-refractivity contribution in [3.8, 4) is 0 Å². The predicted molar refractivity (Wildman–Crippen MR) is 116 cm³/mol. The van der Waals surface area contributed by atoms with Crippen LogP contribution in [0.1, 0.15) is 31.4 Å². The smallest absolute Gasteiger partial charge is 0.357 e. The van der Waals surface area contributed by atoms with Crippen LogP contribution in [-0.4, -0.2) is 51.1 Å². The van der Waals surface area contributed by atoms with Crippen LogP contribution < -0.4 is 10.6 Å². The lowest BCUT2D eigenvalue weighted by molar-refractivity contribution is -0.137. The zero-order valence-electron chi connectivity index (χ0n) is 16.2. The maximum Gasteiger partial charge on any atom is 0.416 e. The van der Waals surface area contributed by atoms with Gasteiger partial charge in [-0.15, -0.1) is 24.0 Å². The van der Waals surface area contributed by atoms with E-state index >= 15 is 0 Å². The van der Waals surface area contributed by atoms with Crippen LogP contribution in [0.2, 0.25) is 0 Å². The molecule has 0 aromatic heterocycles. The third kappa shape index (κ3) is 9.41. The number of nitrogens with zero attached hydrogens (tertiary/aromatic N) is 2. The van der Waals surface area contributed by atoms with Crippen molar-refractivity contribution in [2.24, 2.45) is 4.99 Å². The highest BCUT2D eigenvalue weighted by molar-refractivity contribution is 14.0. The van der Waals surface area contributed by atoms with Crippen molar-refractivity contribution in [3.05, 3.63) is 35.4 Å². The molecule has 1 rings (SSSR count). The average molecular weight is 536 g/mol. The Labute approximate surface area is 182 Å². The van der Waals surface area contributed by atoms with Crippen molar-refractivity contribution < 1.29 is 21.6 Å². The number of hydrogen-bond donors (Lipinski definition) is 2. The molecular weight excluding hydrogens is 508 g/mol. The Morgan fingerprint density at radius 3 is 2.25 bits per heavy atom. The molecule has 0 spiro atoms. The summed E-state index contributed by atoms with van der Waals surface area (Å²) in [5, 5.41) is 6.13. The fourth-order valence-corrected chi connectivity index (χ4v) is 3.03.